The van der Waals surface area contributed by atoms with Crippen LogP contribution >= 0.6 is 11.6 Å². The molecule has 0 radical (unpaired) electrons. The molecule has 4 nitrogen and oxygen atoms in total. The van der Waals surface area contributed by atoms with Crippen LogP contribution in [0, 0.1) is 0 Å². The minimum absolute atomic E-state index is 0.859. The molecular weight excluding hydrogens is 322 g/mol. The maximum absolute atomic E-state index is 6.48. The van der Waals surface area contributed by atoms with Crippen molar-refractivity contribution in [1.82, 2.24) is 9.80 Å². The molecule has 2 aromatic rings. The number of furan rings is 1. The van der Waals surface area contributed by atoms with Gasteiger partial charge in [0.25, 0.3) is 0 Å². The second kappa shape index (κ2) is 8.06. The van der Waals surface area contributed by atoms with E-state index >= 15 is 0 Å². The molecule has 1 aliphatic heterocycles. The highest BCUT2D eigenvalue weighted by molar-refractivity contribution is 6.31. The summed E-state index contributed by atoms with van der Waals surface area (Å²) in [5, 5.41) is 0.859. The molecule has 1 fully saturated rings. The monoisotopic (exact) mass is 347 g/mol. The first-order chi connectivity index (χ1) is 11.6. The molecule has 0 N–H and O–H groups in total. The Kier molecular flexibility index (Phi) is 5.82. The van der Waals surface area contributed by atoms with Crippen molar-refractivity contribution in [1.29, 1.82) is 0 Å². The fourth-order valence-corrected chi connectivity index (χ4v) is 3.38. The second-order valence-electron chi connectivity index (χ2n) is 6.66. The van der Waals surface area contributed by atoms with E-state index in [-0.39, 0.29) is 0 Å². The Labute approximate surface area is 149 Å². The predicted octanol–water partition coefficient (Wildman–Crippen LogP) is 3.71. The quantitative estimate of drug-likeness (QED) is 0.822. The number of halogens is 1. The number of rotatable bonds is 5. The van der Waals surface area contributed by atoms with Gasteiger partial charge >= 0.3 is 0 Å². The maximum atomic E-state index is 6.48. The number of hydrogen-bond acceptors (Lipinski definition) is 4. The largest absolute Gasteiger partial charge is 0.468 e. The van der Waals surface area contributed by atoms with E-state index in [4.69, 9.17) is 16.0 Å². The Morgan fingerprint density at radius 3 is 2.42 bits per heavy atom. The zero-order chi connectivity index (χ0) is 16.9. The molecule has 130 valence electrons. The van der Waals surface area contributed by atoms with Gasteiger partial charge in [0.1, 0.15) is 5.76 Å². The Morgan fingerprint density at radius 2 is 1.79 bits per heavy atom. The summed E-state index contributed by atoms with van der Waals surface area (Å²) >= 11 is 6.48. The van der Waals surface area contributed by atoms with Crippen LogP contribution in [-0.4, -0.2) is 50.1 Å². The summed E-state index contributed by atoms with van der Waals surface area (Å²) < 4.78 is 5.47. The molecule has 0 amide bonds. The lowest BCUT2D eigenvalue weighted by atomic mass is 10.2. The molecule has 5 heteroatoms. The van der Waals surface area contributed by atoms with E-state index in [1.54, 1.807) is 6.26 Å². The van der Waals surface area contributed by atoms with E-state index in [1.165, 1.54) is 12.0 Å². The van der Waals surface area contributed by atoms with Gasteiger partial charge in [-0.25, -0.2) is 0 Å². The fraction of sp³-hybridized carbons (Fsp3) is 0.474. The third-order valence-corrected chi connectivity index (χ3v) is 4.94. The highest BCUT2D eigenvalue weighted by Gasteiger charge is 2.17. The van der Waals surface area contributed by atoms with Gasteiger partial charge in [-0.3, -0.25) is 9.80 Å². The first-order valence-corrected chi connectivity index (χ1v) is 8.92. The maximum Gasteiger partial charge on any atom is 0.117 e. The standard InChI is InChI=1S/C19H26ClN3O/c1-21(2)17-7-6-16(19(20)13-17)14-22-8-4-9-23(11-10-22)15-18-5-3-12-24-18/h3,5-7,12-13H,4,8-11,14-15H2,1-2H3. The van der Waals surface area contributed by atoms with Gasteiger partial charge in [0.2, 0.25) is 0 Å². The van der Waals surface area contributed by atoms with Crippen LogP contribution in [0.5, 0.6) is 0 Å². The summed E-state index contributed by atoms with van der Waals surface area (Å²) in [5.41, 5.74) is 2.35. The van der Waals surface area contributed by atoms with Crippen molar-refractivity contribution in [2.75, 3.05) is 45.2 Å². The normalized spacial score (nSPS) is 17.0. The third-order valence-electron chi connectivity index (χ3n) is 4.59. The van der Waals surface area contributed by atoms with Crippen LogP contribution in [0.15, 0.2) is 41.0 Å². The highest BCUT2D eigenvalue weighted by atomic mass is 35.5. The minimum Gasteiger partial charge on any atom is -0.468 e. The second-order valence-corrected chi connectivity index (χ2v) is 7.06. The SMILES string of the molecule is CN(C)c1ccc(CN2CCCN(Cc3ccco3)CC2)c(Cl)c1. The van der Waals surface area contributed by atoms with Crippen molar-refractivity contribution >= 4 is 17.3 Å². The van der Waals surface area contributed by atoms with Crippen molar-refractivity contribution < 1.29 is 4.42 Å². The molecule has 1 aliphatic rings. The van der Waals surface area contributed by atoms with Crippen LogP contribution in [0.1, 0.15) is 17.7 Å². The molecule has 0 spiro atoms. The minimum atomic E-state index is 0.859. The van der Waals surface area contributed by atoms with Crippen LogP contribution in [0.4, 0.5) is 5.69 Å². The van der Waals surface area contributed by atoms with Gasteiger partial charge in [0.15, 0.2) is 0 Å². The molecule has 0 aliphatic carbocycles. The summed E-state index contributed by atoms with van der Waals surface area (Å²) in [7, 11) is 4.07. The van der Waals surface area contributed by atoms with Crippen LogP contribution in [0.25, 0.3) is 0 Å². The predicted molar refractivity (Wildman–Crippen MR) is 99.7 cm³/mol. The Bertz CT molecular complexity index is 642. The van der Waals surface area contributed by atoms with Crippen LogP contribution in [-0.2, 0) is 13.1 Å². The summed E-state index contributed by atoms with van der Waals surface area (Å²) in [5.74, 6) is 1.05. The number of hydrogen-bond donors (Lipinski definition) is 0. The zero-order valence-corrected chi connectivity index (χ0v) is 15.3. The van der Waals surface area contributed by atoms with E-state index in [1.807, 2.05) is 20.2 Å². The fourth-order valence-electron chi connectivity index (χ4n) is 3.15. The molecule has 1 aromatic carbocycles. The zero-order valence-electron chi connectivity index (χ0n) is 14.5. The average molecular weight is 348 g/mol. The van der Waals surface area contributed by atoms with Gasteiger partial charge in [0, 0.05) is 44.4 Å². The van der Waals surface area contributed by atoms with Gasteiger partial charge in [-0.1, -0.05) is 17.7 Å². The van der Waals surface area contributed by atoms with Crippen molar-refractivity contribution in [2.24, 2.45) is 0 Å². The Hall–Kier alpha value is -1.49. The molecule has 0 saturated carbocycles. The van der Waals surface area contributed by atoms with Crippen LogP contribution < -0.4 is 4.90 Å². The Morgan fingerprint density at radius 1 is 1.04 bits per heavy atom. The van der Waals surface area contributed by atoms with Gasteiger partial charge in [0.05, 0.1) is 12.8 Å². The average Bonchev–Trinajstić information content (AvgIpc) is 2.96. The molecule has 0 unspecified atom stereocenters. The topological polar surface area (TPSA) is 22.9 Å². The Balaban J connectivity index is 1.56. The molecule has 1 aromatic heterocycles. The van der Waals surface area contributed by atoms with Gasteiger partial charge in [-0.2, -0.15) is 0 Å². The first kappa shape index (κ1) is 17.3. The van der Waals surface area contributed by atoms with Gasteiger partial charge in [-0.05, 0) is 49.3 Å². The molecule has 0 bridgehead atoms. The third kappa shape index (κ3) is 4.53. The van der Waals surface area contributed by atoms with Crippen molar-refractivity contribution in [3.05, 3.63) is 52.9 Å². The summed E-state index contributed by atoms with van der Waals surface area (Å²) in [6.07, 6.45) is 2.92. The molecule has 24 heavy (non-hydrogen) atoms. The van der Waals surface area contributed by atoms with E-state index in [0.717, 1.165) is 55.7 Å². The van der Waals surface area contributed by atoms with Crippen molar-refractivity contribution in [2.45, 2.75) is 19.5 Å². The molecule has 1 saturated heterocycles. The first-order valence-electron chi connectivity index (χ1n) is 8.54. The van der Waals surface area contributed by atoms with Crippen molar-refractivity contribution in [3.63, 3.8) is 0 Å². The lowest BCUT2D eigenvalue weighted by Gasteiger charge is -2.22. The van der Waals surface area contributed by atoms with Gasteiger partial charge in [-0.15, -0.1) is 0 Å². The summed E-state index contributed by atoms with van der Waals surface area (Å²) in [6.45, 7) is 6.17. The lowest BCUT2D eigenvalue weighted by molar-refractivity contribution is 0.234. The van der Waals surface area contributed by atoms with E-state index in [2.05, 4.69) is 39.0 Å². The lowest BCUT2D eigenvalue weighted by Crippen LogP contribution is -2.30. The van der Waals surface area contributed by atoms with E-state index in [0.29, 0.717) is 0 Å². The van der Waals surface area contributed by atoms with Crippen LogP contribution in [0.2, 0.25) is 5.02 Å². The number of benzene rings is 1. The van der Waals surface area contributed by atoms with Crippen LogP contribution in [0.3, 0.4) is 0 Å². The van der Waals surface area contributed by atoms with E-state index in [9.17, 15) is 0 Å². The highest BCUT2D eigenvalue weighted by Crippen LogP contribution is 2.24. The summed E-state index contributed by atoms with van der Waals surface area (Å²) in [4.78, 5) is 7.04. The number of anilines is 1. The molecular formula is C19H26ClN3O. The van der Waals surface area contributed by atoms with E-state index < -0.39 is 0 Å². The smallest absolute Gasteiger partial charge is 0.117 e. The number of nitrogens with zero attached hydrogens (tertiary/aromatic N) is 3. The van der Waals surface area contributed by atoms with Gasteiger partial charge < -0.3 is 9.32 Å². The summed E-state index contributed by atoms with van der Waals surface area (Å²) in [6, 6.07) is 10.4. The molecule has 2 heterocycles. The van der Waals surface area contributed by atoms with Crippen molar-refractivity contribution in [3.8, 4) is 0 Å². The molecule has 3 rings (SSSR count). The molecule has 0 atom stereocenters.